The third kappa shape index (κ3) is 2.63. The van der Waals surface area contributed by atoms with Crippen LogP contribution in [0.1, 0.15) is 32.1 Å². The van der Waals surface area contributed by atoms with Crippen molar-refractivity contribution in [3.05, 3.63) is 0 Å². The molecular formula is C10H18ClN. The number of halogens is 1. The van der Waals surface area contributed by atoms with E-state index in [1.165, 1.54) is 51.7 Å². The van der Waals surface area contributed by atoms with Crippen LogP contribution >= 0.6 is 11.6 Å². The van der Waals surface area contributed by atoms with E-state index in [1.807, 2.05) is 0 Å². The Hall–Kier alpha value is 0.250. The summed E-state index contributed by atoms with van der Waals surface area (Å²) in [6.07, 6.45) is 6.82. The first kappa shape index (κ1) is 8.83. The molecule has 0 bridgehead atoms. The third-order valence-corrected chi connectivity index (χ3v) is 3.50. The maximum Gasteiger partial charge on any atom is 0.0360 e. The van der Waals surface area contributed by atoms with Crippen LogP contribution in [0.15, 0.2) is 0 Å². The molecule has 0 aromatic heterocycles. The molecule has 0 aromatic rings. The predicted octanol–water partition coefficient (Wildman–Crippen LogP) is 2.49. The van der Waals surface area contributed by atoms with E-state index in [1.54, 1.807) is 0 Å². The first-order chi connectivity index (χ1) is 5.84. The summed E-state index contributed by atoms with van der Waals surface area (Å²) in [6.45, 7) is 3.80. The lowest BCUT2D eigenvalue weighted by atomic mass is 10.1. The highest BCUT2D eigenvalue weighted by atomic mass is 35.5. The summed E-state index contributed by atoms with van der Waals surface area (Å²) < 4.78 is 0. The molecular weight excluding hydrogens is 170 g/mol. The molecule has 0 atom stereocenters. The SMILES string of the molecule is ClC1CCN(CCC2CC2)CC1. The zero-order valence-electron chi connectivity index (χ0n) is 7.64. The zero-order chi connectivity index (χ0) is 8.39. The Morgan fingerprint density at radius 1 is 1.08 bits per heavy atom. The van der Waals surface area contributed by atoms with Gasteiger partial charge in [-0.15, -0.1) is 11.6 Å². The Labute approximate surface area is 80.1 Å². The highest BCUT2D eigenvalue weighted by Crippen LogP contribution is 2.32. The summed E-state index contributed by atoms with van der Waals surface area (Å²) >= 11 is 6.03. The molecule has 2 fully saturated rings. The minimum Gasteiger partial charge on any atom is -0.303 e. The topological polar surface area (TPSA) is 3.24 Å². The van der Waals surface area contributed by atoms with Crippen LogP contribution in [-0.2, 0) is 0 Å². The van der Waals surface area contributed by atoms with Gasteiger partial charge in [0.25, 0.3) is 0 Å². The van der Waals surface area contributed by atoms with Crippen LogP contribution in [0.25, 0.3) is 0 Å². The first-order valence-electron chi connectivity index (χ1n) is 5.21. The molecule has 70 valence electrons. The summed E-state index contributed by atoms with van der Waals surface area (Å²) in [6, 6.07) is 0. The number of hydrogen-bond donors (Lipinski definition) is 0. The van der Waals surface area contributed by atoms with Gasteiger partial charge in [0.1, 0.15) is 0 Å². The molecule has 0 N–H and O–H groups in total. The summed E-state index contributed by atoms with van der Waals surface area (Å²) in [7, 11) is 0. The molecule has 2 rings (SSSR count). The summed E-state index contributed by atoms with van der Waals surface area (Å²) in [5.41, 5.74) is 0. The second-order valence-corrected chi connectivity index (χ2v) is 4.87. The molecule has 2 heteroatoms. The molecule has 0 aromatic carbocycles. The largest absolute Gasteiger partial charge is 0.303 e. The molecule has 12 heavy (non-hydrogen) atoms. The van der Waals surface area contributed by atoms with E-state index < -0.39 is 0 Å². The van der Waals surface area contributed by atoms with Gasteiger partial charge in [0.05, 0.1) is 0 Å². The number of rotatable bonds is 3. The van der Waals surface area contributed by atoms with Gasteiger partial charge in [-0.05, 0) is 44.8 Å². The van der Waals surface area contributed by atoms with E-state index in [0.29, 0.717) is 5.38 Å². The van der Waals surface area contributed by atoms with Crippen molar-refractivity contribution in [2.75, 3.05) is 19.6 Å². The lowest BCUT2D eigenvalue weighted by Crippen LogP contribution is -2.34. The third-order valence-electron chi connectivity index (χ3n) is 3.07. The van der Waals surface area contributed by atoms with Crippen LogP contribution in [0.3, 0.4) is 0 Å². The number of likely N-dealkylation sites (tertiary alicyclic amines) is 1. The average molecular weight is 188 g/mol. The zero-order valence-corrected chi connectivity index (χ0v) is 8.39. The number of hydrogen-bond acceptors (Lipinski definition) is 1. The molecule has 1 aliphatic carbocycles. The van der Waals surface area contributed by atoms with Gasteiger partial charge in [0, 0.05) is 5.38 Å². The Kier molecular flexibility index (Phi) is 2.92. The van der Waals surface area contributed by atoms with Gasteiger partial charge in [-0.3, -0.25) is 0 Å². The molecule has 0 unspecified atom stereocenters. The first-order valence-corrected chi connectivity index (χ1v) is 5.64. The number of alkyl halides is 1. The van der Waals surface area contributed by atoms with E-state index in [-0.39, 0.29) is 0 Å². The molecule has 1 saturated heterocycles. The second kappa shape index (κ2) is 3.97. The minimum absolute atomic E-state index is 0.460. The van der Waals surface area contributed by atoms with Gasteiger partial charge in [0.2, 0.25) is 0 Å². The average Bonchev–Trinajstić information content (AvgIpc) is 2.87. The monoisotopic (exact) mass is 187 g/mol. The van der Waals surface area contributed by atoms with Gasteiger partial charge in [-0.25, -0.2) is 0 Å². The lowest BCUT2D eigenvalue weighted by Gasteiger charge is -2.29. The van der Waals surface area contributed by atoms with E-state index in [4.69, 9.17) is 11.6 Å². The number of piperidine rings is 1. The van der Waals surface area contributed by atoms with Crippen LogP contribution in [0.2, 0.25) is 0 Å². The van der Waals surface area contributed by atoms with Crippen molar-refractivity contribution in [2.45, 2.75) is 37.5 Å². The summed E-state index contributed by atoms with van der Waals surface area (Å²) in [4.78, 5) is 2.58. The Bertz CT molecular complexity index is 137. The molecule has 1 nitrogen and oxygen atoms in total. The highest BCUT2D eigenvalue weighted by molar-refractivity contribution is 6.20. The standard InChI is InChI=1S/C10H18ClN/c11-10-4-7-12(8-5-10)6-3-9-1-2-9/h9-10H,1-8H2. The quantitative estimate of drug-likeness (QED) is 0.614. The Morgan fingerprint density at radius 3 is 2.33 bits per heavy atom. The van der Waals surface area contributed by atoms with Crippen LogP contribution in [0.4, 0.5) is 0 Å². The van der Waals surface area contributed by atoms with Crippen molar-refractivity contribution < 1.29 is 0 Å². The van der Waals surface area contributed by atoms with E-state index >= 15 is 0 Å². The van der Waals surface area contributed by atoms with Gasteiger partial charge in [-0.2, -0.15) is 0 Å². The maximum absolute atomic E-state index is 6.03. The van der Waals surface area contributed by atoms with Gasteiger partial charge in [0.15, 0.2) is 0 Å². The van der Waals surface area contributed by atoms with Crippen molar-refractivity contribution in [3.8, 4) is 0 Å². The van der Waals surface area contributed by atoms with Crippen molar-refractivity contribution in [1.82, 2.24) is 4.90 Å². The van der Waals surface area contributed by atoms with E-state index in [0.717, 1.165) is 5.92 Å². The van der Waals surface area contributed by atoms with Crippen LogP contribution < -0.4 is 0 Å². The molecule has 1 heterocycles. The normalized spacial score (nSPS) is 27.8. The fraction of sp³-hybridized carbons (Fsp3) is 1.00. The fourth-order valence-corrected chi connectivity index (χ4v) is 2.09. The summed E-state index contributed by atoms with van der Waals surface area (Å²) in [5, 5.41) is 0.460. The predicted molar refractivity (Wildman–Crippen MR) is 52.7 cm³/mol. The smallest absolute Gasteiger partial charge is 0.0360 e. The molecule has 0 radical (unpaired) electrons. The molecule has 0 amide bonds. The van der Waals surface area contributed by atoms with Crippen molar-refractivity contribution in [1.29, 1.82) is 0 Å². The lowest BCUT2D eigenvalue weighted by molar-refractivity contribution is 0.225. The van der Waals surface area contributed by atoms with E-state index in [9.17, 15) is 0 Å². The van der Waals surface area contributed by atoms with Gasteiger partial charge >= 0.3 is 0 Å². The molecule has 2 aliphatic rings. The maximum atomic E-state index is 6.03. The van der Waals surface area contributed by atoms with E-state index in [2.05, 4.69) is 4.90 Å². The molecule has 1 saturated carbocycles. The van der Waals surface area contributed by atoms with Crippen molar-refractivity contribution in [3.63, 3.8) is 0 Å². The minimum atomic E-state index is 0.460. The second-order valence-electron chi connectivity index (χ2n) is 4.25. The number of nitrogens with zero attached hydrogens (tertiary/aromatic N) is 1. The van der Waals surface area contributed by atoms with Gasteiger partial charge < -0.3 is 4.90 Å². The summed E-state index contributed by atoms with van der Waals surface area (Å²) in [5.74, 6) is 1.08. The molecule has 1 aliphatic heterocycles. The van der Waals surface area contributed by atoms with Crippen molar-refractivity contribution in [2.24, 2.45) is 5.92 Å². The highest BCUT2D eigenvalue weighted by Gasteiger charge is 2.23. The van der Waals surface area contributed by atoms with Gasteiger partial charge in [-0.1, -0.05) is 12.8 Å². The van der Waals surface area contributed by atoms with Crippen LogP contribution in [0.5, 0.6) is 0 Å². The van der Waals surface area contributed by atoms with Crippen LogP contribution in [-0.4, -0.2) is 29.9 Å². The Balaban J connectivity index is 1.60. The molecule has 0 spiro atoms. The Morgan fingerprint density at radius 2 is 1.75 bits per heavy atom. The fourth-order valence-electron chi connectivity index (χ4n) is 1.90. The van der Waals surface area contributed by atoms with Crippen molar-refractivity contribution >= 4 is 11.6 Å². The van der Waals surface area contributed by atoms with Crippen LogP contribution in [0, 0.1) is 5.92 Å².